The first kappa shape index (κ1) is 17.5. The van der Waals surface area contributed by atoms with Gasteiger partial charge in [-0.2, -0.15) is 9.78 Å². The SMILES string of the molecule is Cc1cc(N)n(-c2nc3ccccc3n2CCN(C(C)C)C(C)C)n1. The molecule has 6 heteroatoms. The standard InChI is InChI=1S/C19H28N6/c1-13(2)23(14(3)4)10-11-24-17-9-7-6-8-16(17)21-19(24)25-18(20)12-15(5)22-25/h6-9,12-14H,10-11,20H2,1-5H3. The van der Waals surface area contributed by atoms with Crippen molar-refractivity contribution in [1.29, 1.82) is 0 Å². The molecule has 0 bridgehead atoms. The highest BCUT2D eigenvalue weighted by atomic mass is 15.4. The van der Waals surface area contributed by atoms with Gasteiger partial charge in [-0.05, 0) is 46.8 Å². The van der Waals surface area contributed by atoms with Crippen molar-refractivity contribution in [2.75, 3.05) is 12.3 Å². The lowest BCUT2D eigenvalue weighted by atomic mass is 10.2. The van der Waals surface area contributed by atoms with Gasteiger partial charge in [0.2, 0.25) is 5.95 Å². The van der Waals surface area contributed by atoms with Gasteiger partial charge < -0.3 is 10.3 Å². The lowest BCUT2D eigenvalue weighted by Crippen LogP contribution is -2.39. The summed E-state index contributed by atoms with van der Waals surface area (Å²) < 4.78 is 3.96. The van der Waals surface area contributed by atoms with Crippen molar-refractivity contribution in [3.63, 3.8) is 0 Å². The predicted octanol–water partition coefficient (Wildman–Crippen LogP) is 3.23. The number of para-hydroxylation sites is 2. The third-order valence-corrected chi connectivity index (χ3v) is 4.59. The van der Waals surface area contributed by atoms with Gasteiger partial charge >= 0.3 is 0 Å². The Morgan fingerprint density at radius 1 is 1.12 bits per heavy atom. The number of nitrogens with zero attached hydrogens (tertiary/aromatic N) is 5. The number of fused-ring (bicyclic) bond motifs is 1. The molecule has 0 amide bonds. The summed E-state index contributed by atoms with van der Waals surface area (Å²) in [6, 6.07) is 11.1. The van der Waals surface area contributed by atoms with E-state index in [1.165, 1.54) is 0 Å². The second-order valence-corrected chi connectivity index (χ2v) is 7.10. The fourth-order valence-electron chi connectivity index (χ4n) is 3.45. The molecule has 0 aliphatic carbocycles. The van der Waals surface area contributed by atoms with E-state index >= 15 is 0 Å². The molecule has 0 saturated carbocycles. The molecule has 2 heterocycles. The third kappa shape index (κ3) is 3.39. The number of hydrogen-bond acceptors (Lipinski definition) is 4. The lowest BCUT2D eigenvalue weighted by Gasteiger charge is -2.30. The minimum Gasteiger partial charge on any atom is -0.383 e. The molecule has 0 saturated heterocycles. The largest absolute Gasteiger partial charge is 0.383 e. The van der Waals surface area contributed by atoms with Crippen LogP contribution in [0.25, 0.3) is 17.0 Å². The number of hydrogen-bond donors (Lipinski definition) is 1. The molecule has 6 nitrogen and oxygen atoms in total. The molecule has 0 aliphatic rings. The molecule has 1 aromatic carbocycles. The average Bonchev–Trinajstić information content (AvgIpc) is 3.06. The number of benzene rings is 1. The lowest BCUT2D eigenvalue weighted by molar-refractivity contribution is 0.169. The maximum absolute atomic E-state index is 6.15. The molecule has 0 fully saturated rings. The minimum atomic E-state index is 0.496. The van der Waals surface area contributed by atoms with Gasteiger partial charge in [0.25, 0.3) is 0 Å². The van der Waals surface area contributed by atoms with Crippen molar-refractivity contribution in [2.45, 2.75) is 53.2 Å². The molecule has 3 rings (SSSR count). The van der Waals surface area contributed by atoms with E-state index in [9.17, 15) is 0 Å². The van der Waals surface area contributed by atoms with Crippen molar-refractivity contribution < 1.29 is 0 Å². The summed E-state index contributed by atoms with van der Waals surface area (Å²) in [7, 11) is 0. The van der Waals surface area contributed by atoms with E-state index in [-0.39, 0.29) is 0 Å². The van der Waals surface area contributed by atoms with Gasteiger partial charge in [0.05, 0.1) is 16.7 Å². The van der Waals surface area contributed by atoms with Crippen molar-refractivity contribution in [3.05, 3.63) is 36.0 Å². The molecule has 0 atom stereocenters. The van der Waals surface area contributed by atoms with Gasteiger partial charge in [-0.15, -0.1) is 0 Å². The highest BCUT2D eigenvalue weighted by Gasteiger charge is 2.18. The Bertz CT molecular complexity index is 850. The molecule has 2 aromatic heterocycles. The van der Waals surface area contributed by atoms with Crippen LogP contribution in [0.5, 0.6) is 0 Å². The van der Waals surface area contributed by atoms with E-state index < -0.39 is 0 Å². The van der Waals surface area contributed by atoms with E-state index in [0.29, 0.717) is 17.9 Å². The molecule has 0 unspecified atom stereocenters. The first-order chi connectivity index (χ1) is 11.9. The Kier molecular flexibility index (Phi) is 4.81. The maximum atomic E-state index is 6.15. The number of aromatic nitrogens is 4. The molecule has 2 N–H and O–H groups in total. The number of anilines is 1. The van der Waals surface area contributed by atoms with Crippen molar-refractivity contribution in [3.8, 4) is 5.95 Å². The molecule has 25 heavy (non-hydrogen) atoms. The van der Waals surface area contributed by atoms with E-state index in [4.69, 9.17) is 10.7 Å². The third-order valence-electron chi connectivity index (χ3n) is 4.59. The smallest absolute Gasteiger partial charge is 0.233 e. The first-order valence-electron chi connectivity index (χ1n) is 8.92. The number of nitrogens with two attached hydrogens (primary N) is 1. The Labute approximate surface area is 149 Å². The quantitative estimate of drug-likeness (QED) is 0.748. The van der Waals surface area contributed by atoms with E-state index in [2.05, 4.69) is 48.3 Å². The van der Waals surface area contributed by atoms with Crippen LogP contribution < -0.4 is 5.73 Å². The average molecular weight is 340 g/mol. The zero-order chi connectivity index (χ0) is 18.1. The zero-order valence-electron chi connectivity index (χ0n) is 15.8. The zero-order valence-corrected chi connectivity index (χ0v) is 15.8. The summed E-state index contributed by atoms with van der Waals surface area (Å²) in [6.45, 7) is 12.7. The fourth-order valence-corrected chi connectivity index (χ4v) is 3.45. The fraction of sp³-hybridized carbons (Fsp3) is 0.474. The molecule has 0 aliphatic heterocycles. The highest BCUT2D eigenvalue weighted by molar-refractivity contribution is 5.77. The van der Waals surface area contributed by atoms with Crippen molar-refractivity contribution in [2.24, 2.45) is 0 Å². The number of nitrogen functional groups attached to an aromatic ring is 1. The predicted molar refractivity (Wildman–Crippen MR) is 103 cm³/mol. The summed E-state index contributed by atoms with van der Waals surface area (Å²) in [5.41, 5.74) is 9.12. The summed E-state index contributed by atoms with van der Waals surface area (Å²) in [4.78, 5) is 7.27. The second kappa shape index (κ2) is 6.88. The van der Waals surface area contributed by atoms with Crippen LogP contribution in [0.1, 0.15) is 33.4 Å². The summed E-state index contributed by atoms with van der Waals surface area (Å²) in [5, 5.41) is 4.53. The monoisotopic (exact) mass is 340 g/mol. The Morgan fingerprint density at radius 2 is 1.80 bits per heavy atom. The molecular formula is C19H28N6. The number of imidazole rings is 1. The topological polar surface area (TPSA) is 64.9 Å². The van der Waals surface area contributed by atoms with Crippen LogP contribution in [0.15, 0.2) is 30.3 Å². The first-order valence-corrected chi connectivity index (χ1v) is 8.92. The number of rotatable bonds is 6. The van der Waals surface area contributed by atoms with Gasteiger partial charge in [-0.25, -0.2) is 4.98 Å². The van der Waals surface area contributed by atoms with Gasteiger partial charge in [0, 0.05) is 31.2 Å². The maximum Gasteiger partial charge on any atom is 0.233 e. The molecule has 0 radical (unpaired) electrons. The van der Waals surface area contributed by atoms with Crippen molar-refractivity contribution >= 4 is 16.9 Å². The van der Waals surface area contributed by atoms with E-state index in [1.54, 1.807) is 4.68 Å². The Hall–Kier alpha value is -2.34. The molecule has 134 valence electrons. The van der Waals surface area contributed by atoms with E-state index in [0.717, 1.165) is 35.8 Å². The van der Waals surface area contributed by atoms with Crippen LogP contribution in [0.3, 0.4) is 0 Å². The van der Waals surface area contributed by atoms with Crippen molar-refractivity contribution in [1.82, 2.24) is 24.2 Å². The van der Waals surface area contributed by atoms with Gasteiger partial charge in [-0.1, -0.05) is 12.1 Å². The summed E-state index contributed by atoms with van der Waals surface area (Å²) in [6.07, 6.45) is 0. The van der Waals surface area contributed by atoms with Gasteiger partial charge in [0.1, 0.15) is 5.82 Å². The molecule has 0 spiro atoms. The normalized spacial score (nSPS) is 12.2. The van der Waals surface area contributed by atoms with Crippen LogP contribution in [0.2, 0.25) is 0 Å². The van der Waals surface area contributed by atoms with E-state index in [1.807, 2.05) is 31.2 Å². The van der Waals surface area contributed by atoms with Gasteiger partial charge in [-0.3, -0.25) is 4.90 Å². The molecular weight excluding hydrogens is 312 g/mol. The minimum absolute atomic E-state index is 0.496. The summed E-state index contributed by atoms with van der Waals surface area (Å²) in [5.74, 6) is 1.39. The highest BCUT2D eigenvalue weighted by Crippen LogP contribution is 2.21. The molecule has 3 aromatic rings. The van der Waals surface area contributed by atoms with Gasteiger partial charge in [0.15, 0.2) is 0 Å². The Morgan fingerprint density at radius 3 is 2.40 bits per heavy atom. The van der Waals surface area contributed by atoms with Crippen LogP contribution in [0, 0.1) is 6.92 Å². The number of aryl methyl sites for hydroxylation is 1. The van der Waals surface area contributed by atoms with Crippen LogP contribution >= 0.6 is 0 Å². The second-order valence-electron chi connectivity index (χ2n) is 7.10. The van der Waals surface area contributed by atoms with Crippen LogP contribution in [-0.4, -0.2) is 42.9 Å². The summed E-state index contributed by atoms with van der Waals surface area (Å²) >= 11 is 0. The van der Waals surface area contributed by atoms with Crippen LogP contribution in [0.4, 0.5) is 5.82 Å². The Balaban J connectivity index is 2.03. The van der Waals surface area contributed by atoms with Crippen LogP contribution in [-0.2, 0) is 6.54 Å².